The molecule has 6 nitrogen and oxygen atoms in total. The molecule has 0 spiro atoms. The Bertz CT molecular complexity index is 976. The number of carbonyl (C=O) groups excluding carboxylic acids is 1. The zero-order valence-corrected chi connectivity index (χ0v) is 16.7. The predicted octanol–water partition coefficient (Wildman–Crippen LogP) is 3.84. The van der Waals surface area contributed by atoms with Crippen LogP contribution in [0.5, 0.6) is 5.75 Å². The molecular formula is C19H21ClN2O4S. The van der Waals surface area contributed by atoms with Crippen LogP contribution in [-0.2, 0) is 21.2 Å². The van der Waals surface area contributed by atoms with E-state index in [1.807, 2.05) is 6.92 Å². The highest BCUT2D eigenvalue weighted by Crippen LogP contribution is 2.33. The van der Waals surface area contributed by atoms with Crippen LogP contribution in [0.25, 0.3) is 0 Å². The average Bonchev–Trinajstić information content (AvgIpc) is 2.64. The van der Waals surface area contributed by atoms with Crippen LogP contribution in [0.15, 0.2) is 41.3 Å². The van der Waals surface area contributed by atoms with Crippen molar-refractivity contribution < 1.29 is 17.9 Å². The molecule has 1 amide bonds. The van der Waals surface area contributed by atoms with E-state index in [1.54, 1.807) is 29.2 Å². The van der Waals surface area contributed by atoms with Crippen molar-refractivity contribution in [3.05, 3.63) is 47.0 Å². The molecule has 1 N–H and O–H groups in total. The van der Waals surface area contributed by atoms with Crippen LogP contribution >= 0.6 is 11.6 Å². The van der Waals surface area contributed by atoms with Crippen LogP contribution in [0.1, 0.15) is 25.3 Å². The van der Waals surface area contributed by atoms with Crippen LogP contribution < -0.4 is 14.4 Å². The third-order valence-electron chi connectivity index (χ3n) is 4.39. The number of nitrogens with one attached hydrogen (secondary N) is 1. The van der Waals surface area contributed by atoms with Crippen molar-refractivity contribution in [1.82, 2.24) is 0 Å². The van der Waals surface area contributed by atoms with Crippen molar-refractivity contribution in [1.29, 1.82) is 0 Å². The number of hydrogen-bond acceptors (Lipinski definition) is 4. The second kappa shape index (κ2) is 7.78. The summed E-state index contributed by atoms with van der Waals surface area (Å²) in [6, 6.07) is 9.65. The van der Waals surface area contributed by atoms with Gasteiger partial charge in [-0.2, -0.15) is 0 Å². The first-order valence-corrected chi connectivity index (χ1v) is 10.5. The lowest BCUT2D eigenvalue weighted by molar-refractivity contribution is -0.118. The van der Waals surface area contributed by atoms with Gasteiger partial charge in [-0.25, -0.2) is 8.42 Å². The summed E-state index contributed by atoms with van der Waals surface area (Å²) in [6.07, 6.45) is 1.86. The second-order valence-electron chi connectivity index (χ2n) is 6.29. The van der Waals surface area contributed by atoms with E-state index in [0.717, 1.165) is 17.7 Å². The third-order valence-corrected chi connectivity index (χ3v) is 6.03. The molecule has 0 unspecified atom stereocenters. The van der Waals surface area contributed by atoms with Gasteiger partial charge < -0.3 is 9.64 Å². The van der Waals surface area contributed by atoms with Crippen molar-refractivity contribution in [2.45, 2.75) is 31.1 Å². The highest BCUT2D eigenvalue weighted by atomic mass is 35.5. The lowest BCUT2D eigenvalue weighted by Crippen LogP contribution is -2.35. The maximum absolute atomic E-state index is 12.8. The molecule has 0 atom stereocenters. The highest BCUT2D eigenvalue weighted by Gasteiger charge is 2.25. The Morgan fingerprint density at radius 1 is 1.19 bits per heavy atom. The number of nitrogens with zero attached hydrogens (tertiary/aromatic N) is 1. The maximum Gasteiger partial charge on any atom is 0.265 e. The first-order chi connectivity index (χ1) is 12.9. The Morgan fingerprint density at radius 3 is 2.67 bits per heavy atom. The third kappa shape index (κ3) is 4.04. The number of anilines is 2. The number of ether oxygens (including phenoxy) is 1. The van der Waals surface area contributed by atoms with E-state index in [9.17, 15) is 13.2 Å². The van der Waals surface area contributed by atoms with Gasteiger partial charge in [0.1, 0.15) is 10.6 Å². The van der Waals surface area contributed by atoms with Gasteiger partial charge in [0.15, 0.2) is 0 Å². The van der Waals surface area contributed by atoms with E-state index in [-0.39, 0.29) is 16.6 Å². The molecule has 0 saturated heterocycles. The fourth-order valence-corrected chi connectivity index (χ4v) is 4.65. The van der Waals surface area contributed by atoms with Gasteiger partial charge in [-0.15, -0.1) is 0 Å². The number of rotatable bonds is 6. The Labute approximate surface area is 164 Å². The molecule has 2 aromatic carbocycles. The molecule has 144 valence electrons. The van der Waals surface area contributed by atoms with Crippen molar-refractivity contribution >= 4 is 38.9 Å². The summed E-state index contributed by atoms with van der Waals surface area (Å²) in [7, 11) is -2.48. The predicted molar refractivity (Wildman–Crippen MR) is 106 cm³/mol. The molecule has 27 heavy (non-hydrogen) atoms. The number of methoxy groups -OCH3 is 1. The van der Waals surface area contributed by atoms with Crippen molar-refractivity contribution in [3.63, 3.8) is 0 Å². The number of sulfonamides is 1. The molecule has 0 aliphatic carbocycles. The normalized spacial score (nSPS) is 14.0. The molecule has 0 radical (unpaired) electrons. The first kappa shape index (κ1) is 19.5. The number of fused-ring (bicyclic) bond motifs is 1. The number of benzene rings is 2. The molecule has 3 rings (SSSR count). The zero-order chi connectivity index (χ0) is 19.6. The molecule has 0 bridgehead atoms. The van der Waals surface area contributed by atoms with Gasteiger partial charge in [-0.05, 0) is 54.8 Å². The van der Waals surface area contributed by atoms with E-state index in [4.69, 9.17) is 16.3 Å². The minimum absolute atomic E-state index is 0.0296. The van der Waals surface area contributed by atoms with E-state index < -0.39 is 10.0 Å². The minimum atomic E-state index is -3.88. The van der Waals surface area contributed by atoms with E-state index >= 15 is 0 Å². The van der Waals surface area contributed by atoms with Crippen molar-refractivity contribution in [2.24, 2.45) is 0 Å². The van der Waals surface area contributed by atoms with Gasteiger partial charge >= 0.3 is 0 Å². The second-order valence-corrected chi connectivity index (χ2v) is 8.38. The minimum Gasteiger partial charge on any atom is -0.495 e. The van der Waals surface area contributed by atoms with Gasteiger partial charge in [0.25, 0.3) is 10.0 Å². The lowest BCUT2D eigenvalue weighted by atomic mass is 10.0. The van der Waals surface area contributed by atoms with Crippen LogP contribution in [0.4, 0.5) is 11.4 Å². The van der Waals surface area contributed by atoms with Gasteiger partial charge in [-0.1, -0.05) is 18.5 Å². The lowest BCUT2D eigenvalue weighted by Gasteiger charge is -2.29. The van der Waals surface area contributed by atoms with Crippen LogP contribution in [-0.4, -0.2) is 28.0 Å². The number of halogens is 1. The van der Waals surface area contributed by atoms with Crippen LogP contribution in [0.3, 0.4) is 0 Å². The SMILES string of the molecule is CCCN1C(=O)CCc2cc(NS(=O)(=O)c3cc(Cl)ccc3OC)ccc21. The summed E-state index contributed by atoms with van der Waals surface area (Å²) in [6.45, 7) is 2.67. The highest BCUT2D eigenvalue weighted by molar-refractivity contribution is 7.92. The van der Waals surface area contributed by atoms with Gasteiger partial charge in [-0.3, -0.25) is 9.52 Å². The first-order valence-electron chi connectivity index (χ1n) is 8.65. The van der Waals surface area contributed by atoms with Crippen molar-refractivity contribution in [3.8, 4) is 5.75 Å². The Hall–Kier alpha value is -2.25. The van der Waals surface area contributed by atoms with Crippen molar-refractivity contribution in [2.75, 3.05) is 23.3 Å². The summed E-state index contributed by atoms with van der Waals surface area (Å²) >= 11 is 5.95. The Kier molecular flexibility index (Phi) is 5.62. The average molecular weight is 409 g/mol. The fraction of sp³-hybridized carbons (Fsp3) is 0.316. The topological polar surface area (TPSA) is 75.7 Å². The monoisotopic (exact) mass is 408 g/mol. The number of hydrogen-bond donors (Lipinski definition) is 1. The van der Waals surface area contributed by atoms with E-state index in [0.29, 0.717) is 30.1 Å². The Balaban J connectivity index is 1.93. The van der Waals surface area contributed by atoms with Gasteiger partial charge in [0, 0.05) is 29.4 Å². The molecular weight excluding hydrogens is 388 g/mol. The largest absolute Gasteiger partial charge is 0.495 e. The number of aryl methyl sites for hydroxylation is 1. The number of carbonyl (C=O) groups is 1. The quantitative estimate of drug-likeness (QED) is 0.787. The Morgan fingerprint density at radius 2 is 1.96 bits per heavy atom. The smallest absolute Gasteiger partial charge is 0.265 e. The molecule has 0 fully saturated rings. The number of amides is 1. The van der Waals surface area contributed by atoms with E-state index in [2.05, 4.69) is 4.72 Å². The summed E-state index contributed by atoms with van der Waals surface area (Å²) in [5.41, 5.74) is 2.22. The van der Waals surface area contributed by atoms with E-state index in [1.165, 1.54) is 19.2 Å². The molecule has 0 saturated carbocycles. The van der Waals surface area contributed by atoms with Gasteiger partial charge in [0.2, 0.25) is 5.91 Å². The molecule has 1 aliphatic heterocycles. The molecule has 0 aromatic heterocycles. The molecule has 1 heterocycles. The fourth-order valence-electron chi connectivity index (χ4n) is 3.16. The summed E-state index contributed by atoms with van der Waals surface area (Å²) in [5, 5.41) is 0.301. The van der Waals surface area contributed by atoms with Crippen LogP contribution in [0, 0.1) is 0 Å². The zero-order valence-electron chi connectivity index (χ0n) is 15.2. The van der Waals surface area contributed by atoms with Gasteiger partial charge in [0.05, 0.1) is 7.11 Å². The summed E-state index contributed by atoms with van der Waals surface area (Å²) in [5.74, 6) is 0.311. The molecule has 2 aromatic rings. The maximum atomic E-state index is 12.8. The summed E-state index contributed by atoms with van der Waals surface area (Å²) < 4.78 is 33.3. The molecule has 1 aliphatic rings. The molecule has 8 heteroatoms. The van der Waals surface area contributed by atoms with Crippen LogP contribution in [0.2, 0.25) is 5.02 Å². The summed E-state index contributed by atoms with van der Waals surface area (Å²) in [4.78, 5) is 13.9. The standard InChI is InChI=1S/C19H21ClN2O4S/c1-3-10-22-16-7-6-15(11-13(16)4-9-19(22)23)21-27(24,25)18-12-14(20)5-8-17(18)26-2/h5-8,11-12,21H,3-4,9-10H2,1-2H3.